The molecule has 1 aromatic carbocycles. The number of nitrogens with one attached hydrogen (secondary N) is 2. The van der Waals surface area contributed by atoms with Crippen LogP contribution in [0.5, 0.6) is 0 Å². The molecule has 1 heterocycles. The number of rotatable bonds is 7. The van der Waals surface area contributed by atoms with Gasteiger partial charge in [0.25, 0.3) is 11.7 Å². The average molecular weight is 314 g/mol. The highest BCUT2D eigenvalue weighted by Gasteiger charge is 2.12. The predicted octanol–water partition coefficient (Wildman–Crippen LogP) is 1.09. The Morgan fingerprint density at radius 2 is 2.19 bits per heavy atom. The number of aromatic nitrogens is 1. The van der Waals surface area contributed by atoms with Gasteiger partial charge in [-0.15, -0.1) is 0 Å². The van der Waals surface area contributed by atoms with Crippen LogP contribution in [0.3, 0.4) is 0 Å². The van der Waals surface area contributed by atoms with E-state index in [0.717, 1.165) is 0 Å². The van der Waals surface area contributed by atoms with E-state index in [2.05, 4.69) is 15.0 Å². The lowest BCUT2D eigenvalue weighted by Gasteiger charge is -2.04. The Kier molecular flexibility index (Phi) is 4.38. The molecule has 0 atom stereocenters. The summed E-state index contributed by atoms with van der Waals surface area (Å²) in [7, 11) is -3.32. The third-order valence-electron chi connectivity index (χ3n) is 2.59. The molecule has 0 spiro atoms. The second-order valence-electron chi connectivity index (χ2n) is 4.17. The molecule has 114 valence electrons. The third-order valence-corrected chi connectivity index (χ3v) is 4.06. The smallest absolute Gasteiger partial charge is 0.295 e. The maximum Gasteiger partial charge on any atom is 0.295 e. The standard InChI is InChI=1S/C11H14N4O5S/c1-2-13-21(18,19)6-5-12-11-14-9-7-8(15(16)17)3-4-10(9)20-11/h3-4,7,13H,2,5-6H2,1H3,(H,12,14). The second-order valence-corrected chi connectivity index (χ2v) is 6.10. The summed E-state index contributed by atoms with van der Waals surface area (Å²) in [5, 5.41) is 13.4. The monoisotopic (exact) mass is 314 g/mol. The highest BCUT2D eigenvalue weighted by molar-refractivity contribution is 7.89. The van der Waals surface area contributed by atoms with Gasteiger partial charge in [-0.3, -0.25) is 10.1 Å². The molecule has 10 heteroatoms. The van der Waals surface area contributed by atoms with Crippen molar-refractivity contribution in [2.24, 2.45) is 0 Å². The Balaban J connectivity index is 2.05. The molecular formula is C11H14N4O5S. The van der Waals surface area contributed by atoms with Crippen molar-refractivity contribution in [3.63, 3.8) is 0 Å². The Bertz CT molecular complexity index is 755. The number of oxazole rings is 1. The molecule has 0 saturated heterocycles. The van der Waals surface area contributed by atoms with E-state index >= 15 is 0 Å². The van der Waals surface area contributed by atoms with Crippen molar-refractivity contribution in [1.29, 1.82) is 0 Å². The van der Waals surface area contributed by atoms with Crippen molar-refractivity contribution in [1.82, 2.24) is 9.71 Å². The van der Waals surface area contributed by atoms with E-state index in [1.807, 2.05) is 0 Å². The molecule has 0 saturated carbocycles. The van der Waals surface area contributed by atoms with Crippen LogP contribution in [-0.4, -0.2) is 37.2 Å². The van der Waals surface area contributed by atoms with Gasteiger partial charge in [-0.1, -0.05) is 6.92 Å². The number of benzene rings is 1. The third kappa shape index (κ3) is 3.89. The zero-order valence-electron chi connectivity index (χ0n) is 11.2. The SMILES string of the molecule is CCNS(=O)(=O)CCNc1nc2cc([N+](=O)[O-])ccc2o1. The predicted molar refractivity (Wildman–Crippen MR) is 76.6 cm³/mol. The molecular weight excluding hydrogens is 300 g/mol. The number of nitrogens with zero attached hydrogens (tertiary/aromatic N) is 2. The van der Waals surface area contributed by atoms with Gasteiger partial charge in [-0.2, -0.15) is 4.98 Å². The fourth-order valence-electron chi connectivity index (χ4n) is 1.69. The van der Waals surface area contributed by atoms with E-state index in [0.29, 0.717) is 17.6 Å². The van der Waals surface area contributed by atoms with Crippen molar-refractivity contribution in [3.8, 4) is 0 Å². The molecule has 0 aliphatic heterocycles. The highest BCUT2D eigenvalue weighted by Crippen LogP contribution is 2.23. The van der Waals surface area contributed by atoms with Gasteiger partial charge in [-0.25, -0.2) is 13.1 Å². The fraction of sp³-hybridized carbons (Fsp3) is 0.364. The molecule has 9 nitrogen and oxygen atoms in total. The minimum absolute atomic E-state index is 0.0860. The van der Waals surface area contributed by atoms with E-state index in [4.69, 9.17) is 4.42 Å². The van der Waals surface area contributed by atoms with Gasteiger partial charge in [-0.05, 0) is 6.07 Å². The first kappa shape index (κ1) is 15.2. The Morgan fingerprint density at radius 3 is 2.86 bits per heavy atom. The number of sulfonamides is 1. The van der Waals surface area contributed by atoms with Crippen molar-refractivity contribution in [2.45, 2.75) is 6.92 Å². The minimum Gasteiger partial charge on any atom is -0.424 e. The second kappa shape index (κ2) is 6.06. The largest absolute Gasteiger partial charge is 0.424 e. The number of nitro benzene ring substituents is 1. The average Bonchev–Trinajstić information content (AvgIpc) is 2.79. The molecule has 0 fully saturated rings. The van der Waals surface area contributed by atoms with Crippen LogP contribution in [0.15, 0.2) is 22.6 Å². The topological polar surface area (TPSA) is 127 Å². The minimum atomic E-state index is -3.32. The van der Waals surface area contributed by atoms with Crippen LogP contribution < -0.4 is 10.0 Å². The number of hydrogen-bond donors (Lipinski definition) is 2. The van der Waals surface area contributed by atoms with Gasteiger partial charge < -0.3 is 9.73 Å². The van der Waals surface area contributed by atoms with Crippen LogP contribution in [-0.2, 0) is 10.0 Å². The van der Waals surface area contributed by atoms with Crippen LogP contribution in [0.1, 0.15) is 6.92 Å². The normalized spacial score (nSPS) is 11.7. The van der Waals surface area contributed by atoms with Crippen LogP contribution >= 0.6 is 0 Å². The lowest BCUT2D eigenvalue weighted by Crippen LogP contribution is -2.29. The first-order valence-corrected chi connectivity index (χ1v) is 7.82. The van der Waals surface area contributed by atoms with Crippen molar-refractivity contribution < 1.29 is 17.8 Å². The molecule has 21 heavy (non-hydrogen) atoms. The lowest BCUT2D eigenvalue weighted by atomic mass is 10.3. The van der Waals surface area contributed by atoms with Crippen LogP contribution in [0, 0.1) is 10.1 Å². The van der Waals surface area contributed by atoms with E-state index in [9.17, 15) is 18.5 Å². The van der Waals surface area contributed by atoms with Gasteiger partial charge in [0.1, 0.15) is 5.52 Å². The molecule has 2 rings (SSSR count). The van der Waals surface area contributed by atoms with Gasteiger partial charge in [0.2, 0.25) is 10.0 Å². The maximum absolute atomic E-state index is 11.4. The van der Waals surface area contributed by atoms with Gasteiger partial charge in [0.15, 0.2) is 5.58 Å². The molecule has 0 radical (unpaired) electrons. The Morgan fingerprint density at radius 1 is 1.43 bits per heavy atom. The summed E-state index contributed by atoms with van der Waals surface area (Å²) in [6.07, 6.45) is 0. The van der Waals surface area contributed by atoms with Crippen molar-refractivity contribution in [2.75, 3.05) is 24.2 Å². The molecule has 0 unspecified atom stereocenters. The summed E-state index contributed by atoms with van der Waals surface area (Å²) in [4.78, 5) is 14.2. The summed E-state index contributed by atoms with van der Waals surface area (Å²) in [5.74, 6) is -0.125. The fourth-order valence-corrected chi connectivity index (χ4v) is 2.64. The first-order chi connectivity index (χ1) is 9.91. The summed E-state index contributed by atoms with van der Waals surface area (Å²) < 4.78 is 30.5. The number of anilines is 1. The van der Waals surface area contributed by atoms with Gasteiger partial charge >= 0.3 is 0 Å². The van der Waals surface area contributed by atoms with Crippen LogP contribution in [0.4, 0.5) is 11.7 Å². The molecule has 0 aliphatic carbocycles. The molecule has 2 aromatic rings. The number of hydrogen-bond acceptors (Lipinski definition) is 7. The molecule has 2 N–H and O–H groups in total. The zero-order chi connectivity index (χ0) is 15.5. The first-order valence-electron chi connectivity index (χ1n) is 6.17. The van der Waals surface area contributed by atoms with E-state index in [1.54, 1.807) is 6.92 Å². The number of nitro groups is 1. The van der Waals surface area contributed by atoms with Gasteiger partial charge in [0.05, 0.1) is 10.7 Å². The summed E-state index contributed by atoms with van der Waals surface area (Å²) in [6, 6.07) is 4.17. The lowest BCUT2D eigenvalue weighted by molar-refractivity contribution is -0.384. The molecule has 1 aromatic heterocycles. The van der Waals surface area contributed by atoms with Crippen molar-refractivity contribution >= 4 is 32.8 Å². The van der Waals surface area contributed by atoms with E-state index in [-0.39, 0.29) is 24.0 Å². The van der Waals surface area contributed by atoms with Crippen LogP contribution in [0.25, 0.3) is 11.1 Å². The molecule has 0 aliphatic rings. The number of non-ortho nitro benzene ring substituents is 1. The summed E-state index contributed by atoms with van der Waals surface area (Å²) in [6.45, 7) is 2.14. The molecule has 0 amide bonds. The Labute approximate surface area is 120 Å². The van der Waals surface area contributed by atoms with E-state index < -0.39 is 14.9 Å². The summed E-state index contributed by atoms with van der Waals surface area (Å²) >= 11 is 0. The highest BCUT2D eigenvalue weighted by atomic mass is 32.2. The molecule has 0 bridgehead atoms. The van der Waals surface area contributed by atoms with E-state index in [1.165, 1.54) is 18.2 Å². The zero-order valence-corrected chi connectivity index (χ0v) is 12.0. The maximum atomic E-state index is 11.4. The van der Waals surface area contributed by atoms with Crippen molar-refractivity contribution in [3.05, 3.63) is 28.3 Å². The van der Waals surface area contributed by atoms with Crippen LogP contribution in [0.2, 0.25) is 0 Å². The number of fused-ring (bicyclic) bond motifs is 1. The van der Waals surface area contributed by atoms with Gasteiger partial charge in [0, 0.05) is 25.2 Å². The quantitative estimate of drug-likeness (QED) is 0.578. The Hall–Kier alpha value is -2.20. The summed E-state index contributed by atoms with van der Waals surface area (Å²) in [5.41, 5.74) is 0.635.